The van der Waals surface area contributed by atoms with E-state index in [2.05, 4.69) is 34.5 Å². The molecule has 2 aromatic rings. The van der Waals surface area contributed by atoms with Gasteiger partial charge in [-0.2, -0.15) is 0 Å². The second-order valence-electron chi connectivity index (χ2n) is 7.21. The number of carbonyl (C=O) groups is 2. The molecule has 1 fully saturated rings. The molecule has 4 rings (SSSR count). The van der Waals surface area contributed by atoms with E-state index < -0.39 is 0 Å². The molecule has 146 valence electrons. The molecule has 0 saturated carbocycles. The molecule has 5 nitrogen and oxygen atoms in total. The lowest BCUT2D eigenvalue weighted by atomic mass is 9.94. The first-order chi connectivity index (χ1) is 13.7. The molecule has 0 radical (unpaired) electrons. The maximum atomic E-state index is 13.0. The van der Waals surface area contributed by atoms with E-state index in [0.29, 0.717) is 13.1 Å². The molecule has 2 aliphatic rings. The van der Waals surface area contributed by atoms with E-state index in [9.17, 15) is 9.59 Å². The minimum atomic E-state index is -0.0718. The van der Waals surface area contributed by atoms with Gasteiger partial charge in [0, 0.05) is 37.4 Å². The van der Waals surface area contributed by atoms with Crippen molar-refractivity contribution in [2.75, 3.05) is 19.6 Å². The molecular weight excluding hydrogens is 370 g/mol. The van der Waals surface area contributed by atoms with Crippen LogP contribution in [0.2, 0.25) is 0 Å². The molecule has 2 unspecified atom stereocenters. The summed E-state index contributed by atoms with van der Waals surface area (Å²) in [5, 5.41) is 4.90. The first-order valence-corrected chi connectivity index (χ1v) is 10.6. The summed E-state index contributed by atoms with van der Waals surface area (Å²) in [6.07, 6.45) is 4.87. The molecule has 2 atom stereocenters. The van der Waals surface area contributed by atoms with Gasteiger partial charge in [0.1, 0.15) is 0 Å². The molecule has 1 saturated heterocycles. The Morgan fingerprint density at radius 1 is 1.07 bits per heavy atom. The highest BCUT2D eigenvalue weighted by Gasteiger charge is 2.39. The van der Waals surface area contributed by atoms with Crippen molar-refractivity contribution >= 4 is 23.2 Å². The lowest BCUT2D eigenvalue weighted by Crippen LogP contribution is -2.54. The van der Waals surface area contributed by atoms with Gasteiger partial charge in [-0.05, 0) is 17.0 Å². The Morgan fingerprint density at radius 3 is 2.71 bits per heavy atom. The van der Waals surface area contributed by atoms with Crippen LogP contribution >= 0.6 is 11.3 Å². The Labute approximate surface area is 169 Å². The average Bonchev–Trinajstić information content (AvgIpc) is 3.42. The number of hydrogen-bond acceptors (Lipinski definition) is 4. The van der Waals surface area contributed by atoms with Crippen LogP contribution in [-0.2, 0) is 16.1 Å². The number of thiophene rings is 1. The van der Waals surface area contributed by atoms with Crippen molar-refractivity contribution < 1.29 is 9.59 Å². The third kappa shape index (κ3) is 4.18. The van der Waals surface area contributed by atoms with Gasteiger partial charge in [-0.3, -0.25) is 14.5 Å². The van der Waals surface area contributed by atoms with Gasteiger partial charge in [0.25, 0.3) is 0 Å². The van der Waals surface area contributed by atoms with Crippen LogP contribution in [0.4, 0.5) is 0 Å². The lowest BCUT2D eigenvalue weighted by molar-refractivity contribution is -0.139. The van der Waals surface area contributed by atoms with Crippen LogP contribution in [0, 0.1) is 0 Å². The summed E-state index contributed by atoms with van der Waals surface area (Å²) < 4.78 is 0. The molecule has 0 aliphatic carbocycles. The van der Waals surface area contributed by atoms with Crippen LogP contribution in [0.15, 0.2) is 60.0 Å². The Kier molecular flexibility index (Phi) is 5.88. The summed E-state index contributed by atoms with van der Waals surface area (Å²) in [6.45, 7) is 3.05. The van der Waals surface area contributed by atoms with E-state index in [1.54, 1.807) is 11.3 Å². The zero-order valence-electron chi connectivity index (χ0n) is 15.8. The van der Waals surface area contributed by atoms with Crippen LogP contribution in [0.5, 0.6) is 0 Å². The standard InChI is InChI=1S/C22H25N3O2S/c26-20(23-16-18-8-5-15-28-18)10-11-21(27)25-14-13-24-12-4-9-19(24)22(25)17-6-2-1-3-7-17/h1-9,15,19,22H,10-14,16H2,(H,23,26). The summed E-state index contributed by atoms with van der Waals surface area (Å²) in [7, 11) is 0. The smallest absolute Gasteiger partial charge is 0.223 e. The van der Waals surface area contributed by atoms with E-state index in [1.807, 2.05) is 40.6 Å². The number of nitrogens with zero attached hydrogens (tertiary/aromatic N) is 2. The molecule has 1 N–H and O–H groups in total. The summed E-state index contributed by atoms with van der Waals surface area (Å²) in [6, 6.07) is 14.4. The largest absolute Gasteiger partial charge is 0.351 e. The zero-order valence-corrected chi connectivity index (χ0v) is 16.6. The lowest BCUT2D eigenvalue weighted by Gasteiger charge is -2.45. The number of piperazine rings is 1. The summed E-state index contributed by atoms with van der Waals surface area (Å²) in [4.78, 5) is 30.7. The van der Waals surface area contributed by atoms with Gasteiger partial charge in [0.15, 0.2) is 0 Å². The molecular formula is C22H25N3O2S. The topological polar surface area (TPSA) is 52.7 Å². The Balaban J connectivity index is 1.39. The fourth-order valence-corrected chi connectivity index (χ4v) is 4.69. The van der Waals surface area contributed by atoms with Crippen LogP contribution in [0.3, 0.4) is 0 Å². The minimum absolute atomic E-state index is 0.00961. The first kappa shape index (κ1) is 18.9. The molecule has 28 heavy (non-hydrogen) atoms. The molecule has 0 spiro atoms. The third-order valence-electron chi connectivity index (χ3n) is 5.45. The molecule has 1 aromatic heterocycles. The predicted molar refractivity (Wildman–Crippen MR) is 111 cm³/mol. The average molecular weight is 396 g/mol. The van der Waals surface area contributed by atoms with Crippen molar-refractivity contribution in [1.82, 2.24) is 15.1 Å². The molecule has 6 heteroatoms. The van der Waals surface area contributed by atoms with Crippen molar-refractivity contribution in [1.29, 1.82) is 0 Å². The Bertz CT molecular complexity index is 835. The van der Waals surface area contributed by atoms with E-state index in [4.69, 9.17) is 0 Å². The van der Waals surface area contributed by atoms with Gasteiger partial charge in [0.05, 0.1) is 18.6 Å². The van der Waals surface area contributed by atoms with E-state index >= 15 is 0 Å². The SMILES string of the molecule is O=C(CCC(=O)N1CCN2CC=CC2C1c1ccccc1)NCc1cccs1. The maximum Gasteiger partial charge on any atom is 0.223 e. The molecule has 3 heterocycles. The number of amides is 2. The number of carbonyl (C=O) groups excluding carboxylic acids is 2. The Hall–Kier alpha value is -2.44. The van der Waals surface area contributed by atoms with Gasteiger partial charge < -0.3 is 10.2 Å². The molecule has 2 aliphatic heterocycles. The van der Waals surface area contributed by atoms with Crippen molar-refractivity contribution in [3.63, 3.8) is 0 Å². The number of rotatable bonds is 6. The fraction of sp³-hybridized carbons (Fsp3) is 0.364. The van der Waals surface area contributed by atoms with Crippen LogP contribution in [-0.4, -0.2) is 47.3 Å². The number of benzene rings is 1. The highest BCUT2D eigenvalue weighted by Crippen LogP contribution is 2.34. The van der Waals surface area contributed by atoms with Crippen LogP contribution < -0.4 is 5.32 Å². The van der Waals surface area contributed by atoms with Gasteiger partial charge in [0.2, 0.25) is 11.8 Å². The van der Waals surface area contributed by atoms with Crippen LogP contribution in [0.25, 0.3) is 0 Å². The summed E-state index contributed by atoms with van der Waals surface area (Å²) >= 11 is 1.62. The van der Waals surface area contributed by atoms with Gasteiger partial charge >= 0.3 is 0 Å². The Morgan fingerprint density at radius 2 is 1.93 bits per heavy atom. The quantitative estimate of drug-likeness (QED) is 0.765. The van der Waals surface area contributed by atoms with Gasteiger partial charge in [-0.25, -0.2) is 0 Å². The van der Waals surface area contributed by atoms with Crippen molar-refractivity contribution in [2.24, 2.45) is 0 Å². The van der Waals surface area contributed by atoms with Gasteiger partial charge in [-0.15, -0.1) is 11.3 Å². The van der Waals surface area contributed by atoms with Crippen molar-refractivity contribution in [3.8, 4) is 0 Å². The zero-order chi connectivity index (χ0) is 19.3. The fourth-order valence-electron chi connectivity index (χ4n) is 4.04. The van der Waals surface area contributed by atoms with Crippen LogP contribution in [0.1, 0.15) is 29.3 Å². The maximum absolute atomic E-state index is 13.0. The normalized spacial score (nSPS) is 21.5. The van der Waals surface area contributed by atoms with Crippen molar-refractivity contribution in [3.05, 3.63) is 70.4 Å². The number of hydrogen-bond donors (Lipinski definition) is 1. The number of fused-ring (bicyclic) bond motifs is 1. The minimum Gasteiger partial charge on any atom is -0.351 e. The second-order valence-corrected chi connectivity index (χ2v) is 8.24. The summed E-state index contributed by atoms with van der Waals surface area (Å²) in [5.41, 5.74) is 1.15. The highest BCUT2D eigenvalue weighted by atomic mass is 32.1. The third-order valence-corrected chi connectivity index (χ3v) is 6.33. The first-order valence-electron chi connectivity index (χ1n) is 9.76. The molecule has 2 amide bonds. The monoisotopic (exact) mass is 395 g/mol. The van der Waals surface area contributed by atoms with E-state index in [0.717, 1.165) is 23.5 Å². The van der Waals surface area contributed by atoms with Gasteiger partial charge in [-0.1, -0.05) is 48.6 Å². The van der Waals surface area contributed by atoms with E-state index in [-0.39, 0.29) is 36.7 Å². The number of nitrogens with one attached hydrogen (secondary N) is 1. The molecule has 1 aromatic carbocycles. The molecule has 0 bridgehead atoms. The summed E-state index contributed by atoms with van der Waals surface area (Å²) in [5.74, 6) is -0.0162. The van der Waals surface area contributed by atoms with E-state index in [1.165, 1.54) is 0 Å². The second kappa shape index (κ2) is 8.71. The van der Waals surface area contributed by atoms with Crippen molar-refractivity contribution in [2.45, 2.75) is 31.5 Å². The highest BCUT2D eigenvalue weighted by molar-refractivity contribution is 7.09. The predicted octanol–water partition coefficient (Wildman–Crippen LogP) is 2.97.